The minimum atomic E-state index is -1.03. The van der Waals surface area contributed by atoms with Gasteiger partial charge in [-0.2, -0.15) is 0 Å². The highest BCUT2D eigenvalue weighted by Crippen LogP contribution is 2.26. The summed E-state index contributed by atoms with van der Waals surface area (Å²) in [4.78, 5) is 24.9. The molecule has 0 saturated heterocycles. The molecule has 1 aromatic carbocycles. The maximum atomic E-state index is 12.5. The maximum Gasteiger partial charge on any atom is 0.335 e. The monoisotopic (exact) mass is 292 g/mol. The zero-order valence-electron chi connectivity index (χ0n) is 12.9. The summed E-state index contributed by atoms with van der Waals surface area (Å²) in [5.41, 5.74) is 6.86. The van der Waals surface area contributed by atoms with Crippen molar-refractivity contribution in [3.63, 3.8) is 0 Å². The largest absolute Gasteiger partial charge is 0.478 e. The van der Waals surface area contributed by atoms with Gasteiger partial charge in [-0.3, -0.25) is 4.79 Å². The van der Waals surface area contributed by atoms with Crippen molar-refractivity contribution >= 4 is 23.3 Å². The molecule has 116 valence electrons. The molecule has 5 heteroatoms. The fourth-order valence-corrected chi connectivity index (χ4v) is 2.34. The second-order valence-electron chi connectivity index (χ2n) is 5.22. The number of nitrogen functional groups attached to an aromatic ring is 1. The number of rotatable bonds is 7. The van der Waals surface area contributed by atoms with Crippen LogP contribution in [0.25, 0.3) is 0 Å². The van der Waals surface area contributed by atoms with E-state index < -0.39 is 5.97 Å². The number of aromatic carboxylic acids is 1. The van der Waals surface area contributed by atoms with E-state index in [2.05, 4.69) is 6.92 Å². The molecule has 0 spiro atoms. The molecule has 0 saturated carbocycles. The first kappa shape index (κ1) is 17.0. The first-order chi connectivity index (χ1) is 9.92. The molecule has 0 aliphatic carbocycles. The van der Waals surface area contributed by atoms with Crippen LogP contribution in [0.3, 0.4) is 0 Å². The Morgan fingerprint density at radius 1 is 1.33 bits per heavy atom. The quantitative estimate of drug-likeness (QED) is 0.756. The van der Waals surface area contributed by atoms with Crippen LogP contribution >= 0.6 is 0 Å². The minimum absolute atomic E-state index is 0.0199. The van der Waals surface area contributed by atoms with Crippen LogP contribution in [0.5, 0.6) is 0 Å². The molecular weight excluding hydrogens is 268 g/mol. The normalized spacial score (nSPS) is 12.0. The minimum Gasteiger partial charge on any atom is -0.478 e. The summed E-state index contributed by atoms with van der Waals surface area (Å²) >= 11 is 0. The number of carbonyl (C=O) groups excluding carboxylic acids is 1. The second-order valence-corrected chi connectivity index (χ2v) is 5.22. The molecule has 1 aromatic rings. The maximum absolute atomic E-state index is 12.5. The van der Waals surface area contributed by atoms with Crippen LogP contribution in [0.2, 0.25) is 0 Å². The fourth-order valence-electron chi connectivity index (χ4n) is 2.34. The van der Waals surface area contributed by atoms with E-state index >= 15 is 0 Å². The lowest BCUT2D eigenvalue weighted by molar-refractivity contribution is -0.122. The van der Waals surface area contributed by atoms with Crippen LogP contribution in [0.15, 0.2) is 18.2 Å². The van der Waals surface area contributed by atoms with Crippen molar-refractivity contribution < 1.29 is 14.7 Å². The number of nitrogens with zero attached hydrogens (tertiary/aromatic N) is 1. The van der Waals surface area contributed by atoms with Gasteiger partial charge in [0.2, 0.25) is 5.91 Å². The zero-order valence-corrected chi connectivity index (χ0v) is 12.9. The molecule has 1 atom stereocenters. The highest BCUT2D eigenvalue weighted by molar-refractivity contribution is 5.98. The molecule has 0 aliphatic heterocycles. The molecule has 5 nitrogen and oxygen atoms in total. The van der Waals surface area contributed by atoms with E-state index in [4.69, 9.17) is 10.8 Å². The first-order valence-electron chi connectivity index (χ1n) is 7.32. The Bertz CT molecular complexity index is 514. The van der Waals surface area contributed by atoms with Gasteiger partial charge in [0.15, 0.2) is 0 Å². The van der Waals surface area contributed by atoms with Gasteiger partial charge < -0.3 is 15.7 Å². The van der Waals surface area contributed by atoms with Crippen molar-refractivity contribution in [1.29, 1.82) is 0 Å². The average Bonchev–Trinajstić information content (AvgIpc) is 2.46. The van der Waals surface area contributed by atoms with Crippen LogP contribution in [0.1, 0.15) is 49.9 Å². The lowest BCUT2D eigenvalue weighted by Crippen LogP contribution is -2.33. The first-order valence-corrected chi connectivity index (χ1v) is 7.32. The van der Waals surface area contributed by atoms with Gasteiger partial charge in [0, 0.05) is 13.0 Å². The number of anilines is 2. The standard InChI is InChI=1S/C16H24N2O3/c1-4-6-7-11(5-2)15(19)18(3)14-9-8-12(16(20)21)10-13(14)17/h8-11H,4-7,17H2,1-3H3,(H,20,21). The fraction of sp³-hybridized carbons (Fsp3) is 0.500. The topological polar surface area (TPSA) is 83.6 Å². The molecule has 1 amide bonds. The van der Waals surface area contributed by atoms with Gasteiger partial charge in [-0.1, -0.05) is 26.7 Å². The molecule has 1 rings (SSSR count). The van der Waals surface area contributed by atoms with E-state index in [1.165, 1.54) is 17.0 Å². The third-order valence-electron chi connectivity index (χ3n) is 3.71. The Hall–Kier alpha value is -2.04. The Labute approximate surface area is 125 Å². The predicted molar refractivity (Wildman–Crippen MR) is 84.5 cm³/mol. The van der Waals surface area contributed by atoms with Crippen LogP contribution in [0, 0.1) is 5.92 Å². The summed E-state index contributed by atoms with van der Waals surface area (Å²) in [5.74, 6) is -1.02. The van der Waals surface area contributed by atoms with Gasteiger partial charge in [0.25, 0.3) is 0 Å². The number of hydrogen-bond donors (Lipinski definition) is 2. The third kappa shape index (κ3) is 4.21. The summed E-state index contributed by atoms with van der Waals surface area (Å²) in [7, 11) is 1.68. The number of carboxylic acids is 1. The molecule has 0 aromatic heterocycles. The Morgan fingerprint density at radius 2 is 2.00 bits per heavy atom. The summed E-state index contributed by atoms with van der Waals surface area (Å²) in [6.45, 7) is 4.10. The Kier molecular flexibility index (Phi) is 6.21. The van der Waals surface area contributed by atoms with Crippen molar-refractivity contribution in [2.24, 2.45) is 5.92 Å². The van der Waals surface area contributed by atoms with Gasteiger partial charge in [-0.05, 0) is 31.0 Å². The number of unbranched alkanes of at least 4 members (excludes halogenated alkanes) is 1. The number of carbonyl (C=O) groups is 2. The van der Waals surface area contributed by atoms with Gasteiger partial charge >= 0.3 is 5.97 Å². The lowest BCUT2D eigenvalue weighted by Gasteiger charge is -2.24. The third-order valence-corrected chi connectivity index (χ3v) is 3.71. The zero-order chi connectivity index (χ0) is 16.0. The number of nitrogens with two attached hydrogens (primary N) is 1. The van der Waals surface area contributed by atoms with E-state index in [1.807, 2.05) is 6.92 Å². The van der Waals surface area contributed by atoms with E-state index in [-0.39, 0.29) is 17.4 Å². The molecule has 0 bridgehead atoms. The van der Waals surface area contributed by atoms with Crippen molar-refractivity contribution in [2.45, 2.75) is 39.5 Å². The predicted octanol–water partition coefficient (Wildman–Crippen LogP) is 3.15. The molecule has 0 heterocycles. The smallest absolute Gasteiger partial charge is 0.335 e. The Balaban J connectivity index is 2.93. The lowest BCUT2D eigenvalue weighted by atomic mass is 9.97. The van der Waals surface area contributed by atoms with Crippen molar-refractivity contribution in [1.82, 2.24) is 0 Å². The van der Waals surface area contributed by atoms with Crippen molar-refractivity contribution in [3.05, 3.63) is 23.8 Å². The van der Waals surface area contributed by atoms with E-state index in [0.29, 0.717) is 11.4 Å². The number of hydrogen-bond acceptors (Lipinski definition) is 3. The van der Waals surface area contributed by atoms with Crippen LogP contribution in [0.4, 0.5) is 11.4 Å². The molecule has 0 fully saturated rings. The summed E-state index contributed by atoms with van der Waals surface area (Å²) in [5, 5.41) is 8.94. The number of carboxylic acid groups (broad SMARTS) is 1. The molecule has 21 heavy (non-hydrogen) atoms. The highest BCUT2D eigenvalue weighted by Gasteiger charge is 2.22. The van der Waals surface area contributed by atoms with E-state index in [9.17, 15) is 9.59 Å². The average molecular weight is 292 g/mol. The summed E-state index contributed by atoms with van der Waals surface area (Å²) in [6, 6.07) is 4.43. The molecule has 0 aliphatic rings. The van der Waals surface area contributed by atoms with Crippen LogP contribution < -0.4 is 10.6 Å². The molecule has 1 unspecified atom stereocenters. The van der Waals surface area contributed by atoms with Crippen molar-refractivity contribution in [3.8, 4) is 0 Å². The van der Waals surface area contributed by atoms with E-state index in [0.717, 1.165) is 25.7 Å². The van der Waals surface area contributed by atoms with Gasteiger partial charge in [0.05, 0.1) is 16.9 Å². The second kappa shape index (κ2) is 7.67. The van der Waals surface area contributed by atoms with Gasteiger partial charge in [-0.15, -0.1) is 0 Å². The number of benzene rings is 1. The molecular formula is C16H24N2O3. The van der Waals surface area contributed by atoms with Crippen molar-refractivity contribution in [2.75, 3.05) is 17.7 Å². The van der Waals surface area contributed by atoms with E-state index in [1.54, 1.807) is 13.1 Å². The summed E-state index contributed by atoms with van der Waals surface area (Å²) in [6.07, 6.45) is 3.73. The van der Waals surface area contributed by atoms with Crippen LogP contribution in [-0.4, -0.2) is 24.0 Å². The van der Waals surface area contributed by atoms with Gasteiger partial charge in [0.1, 0.15) is 0 Å². The highest BCUT2D eigenvalue weighted by atomic mass is 16.4. The number of amides is 1. The van der Waals surface area contributed by atoms with Gasteiger partial charge in [-0.25, -0.2) is 4.79 Å². The molecule has 0 radical (unpaired) electrons. The molecule has 3 N–H and O–H groups in total. The Morgan fingerprint density at radius 3 is 2.48 bits per heavy atom. The summed E-state index contributed by atoms with van der Waals surface area (Å²) < 4.78 is 0. The van der Waals surface area contributed by atoms with Crippen LogP contribution in [-0.2, 0) is 4.79 Å². The SMILES string of the molecule is CCCCC(CC)C(=O)N(C)c1ccc(C(=O)O)cc1N.